The highest BCUT2D eigenvalue weighted by Gasteiger charge is 2.12. The van der Waals surface area contributed by atoms with Gasteiger partial charge < -0.3 is 4.74 Å². The lowest BCUT2D eigenvalue weighted by atomic mass is 10.0. The van der Waals surface area contributed by atoms with Crippen molar-refractivity contribution in [2.45, 2.75) is 19.2 Å². The van der Waals surface area contributed by atoms with E-state index in [0.29, 0.717) is 28.3 Å². The molecule has 0 N–H and O–H groups in total. The number of hydrogen-bond donors (Lipinski definition) is 0. The Kier molecular flexibility index (Phi) is 5.27. The lowest BCUT2D eigenvalue weighted by Gasteiger charge is -2.08. The van der Waals surface area contributed by atoms with Crippen LogP contribution in [0.5, 0.6) is 0 Å². The molecule has 1 aromatic rings. The number of alkyl halides is 1. The number of nitrogens with zero attached hydrogens (tertiary/aromatic N) is 1. The highest BCUT2D eigenvalue weighted by atomic mass is 35.5. The van der Waals surface area contributed by atoms with Gasteiger partial charge in [-0.2, -0.15) is 5.26 Å². The molecule has 0 bridgehead atoms. The van der Waals surface area contributed by atoms with E-state index in [2.05, 4.69) is 0 Å². The summed E-state index contributed by atoms with van der Waals surface area (Å²) in [5, 5.41) is 9.28. The Balaban J connectivity index is 3.06. The number of benzene rings is 1. The van der Waals surface area contributed by atoms with Crippen LogP contribution in [0.3, 0.4) is 0 Å². The van der Waals surface area contributed by atoms with Crippen LogP contribution in [-0.2, 0) is 21.8 Å². The number of carbonyl (C=O) groups excluding carboxylic acids is 1. The molecule has 0 heterocycles. The molecule has 0 spiro atoms. The van der Waals surface area contributed by atoms with Crippen LogP contribution in [0.1, 0.15) is 23.6 Å². The third kappa shape index (κ3) is 3.62. The van der Waals surface area contributed by atoms with E-state index in [1.165, 1.54) is 0 Å². The summed E-state index contributed by atoms with van der Waals surface area (Å²) >= 11 is 11.8. The normalized spacial score (nSPS) is 9.76. The molecular formula is C12H11Cl2NO2. The molecule has 0 radical (unpaired) electrons. The number of esters is 1. The summed E-state index contributed by atoms with van der Waals surface area (Å²) in [4.78, 5) is 11.4. The molecule has 0 saturated carbocycles. The zero-order valence-corrected chi connectivity index (χ0v) is 10.8. The van der Waals surface area contributed by atoms with Gasteiger partial charge in [0.25, 0.3) is 0 Å². The number of hydrogen-bond acceptors (Lipinski definition) is 3. The molecule has 0 fully saturated rings. The second-order valence-electron chi connectivity index (χ2n) is 3.34. The van der Waals surface area contributed by atoms with Crippen molar-refractivity contribution in [2.24, 2.45) is 0 Å². The molecule has 0 aromatic heterocycles. The van der Waals surface area contributed by atoms with E-state index in [1.54, 1.807) is 19.1 Å². The maximum Gasteiger partial charge on any atom is 0.310 e. The standard InChI is InChI=1S/C12H11Cl2NO2/c1-2-17-11(16)5-9-3-8(7-15)4-10(6-13)12(9)14/h3-4H,2,5-6H2,1H3. The van der Waals surface area contributed by atoms with E-state index < -0.39 is 0 Å². The topological polar surface area (TPSA) is 50.1 Å². The van der Waals surface area contributed by atoms with Gasteiger partial charge in [0.05, 0.1) is 24.7 Å². The number of carbonyl (C=O) groups is 1. The summed E-state index contributed by atoms with van der Waals surface area (Å²) in [6, 6.07) is 5.20. The van der Waals surface area contributed by atoms with Crippen LogP contribution in [0, 0.1) is 11.3 Å². The van der Waals surface area contributed by atoms with Crippen molar-refractivity contribution < 1.29 is 9.53 Å². The lowest BCUT2D eigenvalue weighted by molar-refractivity contribution is -0.142. The first-order valence-corrected chi connectivity index (χ1v) is 5.96. The van der Waals surface area contributed by atoms with Crippen LogP contribution < -0.4 is 0 Å². The Morgan fingerprint density at radius 2 is 2.12 bits per heavy atom. The van der Waals surface area contributed by atoms with Gasteiger partial charge in [0.1, 0.15) is 0 Å². The van der Waals surface area contributed by atoms with Crippen LogP contribution in [0.4, 0.5) is 0 Å². The quantitative estimate of drug-likeness (QED) is 0.625. The molecule has 3 nitrogen and oxygen atoms in total. The Bertz CT molecular complexity index is 466. The molecule has 0 amide bonds. The molecule has 0 aliphatic carbocycles. The third-order valence-electron chi connectivity index (χ3n) is 2.14. The fourth-order valence-electron chi connectivity index (χ4n) is 1.41. The van der Waals surface area contributed by atoms with Gasteiger partial charge >= 0.3 is 5.97 Å². The Hall–Kier alpha value is -1.24. The van der Waals surface area contributed by atoms with Gasteiger partial charge in [-0.1, -0.05) is 11.6 Å². The van der Waals surface area contributed by atoms with Crippen LogP contribution in [0.25, 0.3) is 0 Å². The van der Waals surface area contributed by atoms with E-state index >= 15 is 0 Å². The third-order valence-corrected chi connectivity index (χ3v) is 2.91. The summed E-state index contributed by atoms with van der Waals surface area (Å²) in [5.74, 6) is -0.172. The second kappa shape index (κ2) is 6.48. The highest BCUT2D eigenvalue weighted by molar-refractivity contribution is 6.33. The molecule has 0 aliphatic heterocycles. The van der Waals surface area contributed by atoms with Crippen molar-refractivity contribution in [3.8, 4) is 6.07 Å². The molecular weight excluding hydrogens is 261 g/mol. The van der Waals surface area contributed by atoms with Crippen molar-refractivity contribution in [1.82, 2.24) is 0 Å². The van der Waals surface area contributed by atoms with Gasteiger partial charge in [0.2, 0.25) is 0 Å². The van der Waals surface area contributed by atoms with E-state index in [1.807, 2.05) is 6.07 Å². The predicted molar refractivity (Wildman–Crippen MR) is 66.1 cm³/mol. The molecule has 90 valence electrons. The number of nitriles is 1. The number of ether oxygens (including phenoxy) is 1. The summed E-state index contributed by atoms with van der Waals surface area (Å²) < 4.78 is 4.83. The van der Waals surface area contributed by atoms with Crippen LogP contribution in [-0.4, -0.2) is 12.6 Å². The van der Waals surface area contributed by atoms with Crippen molar-refractivity contribution in [1.29, 1.82) is 5.26 Å². The van der Waals surface area contributed by atoms with Crippen LogP contribution >= 0.6 is 23.2 Å². The minimum atomic E-state index is -0.370. The summed E-state index contributed by atoms with van der Waals surface area (Å²) in [5.41, 5.74) is 1.65. The molecule has 17 heavy (non-hydrogen) atoms. The monoisotopic (exact) mass is 271 g/mol. The largest absolute Gasteiger partial charge is 0.466 e. The minimum absolute atomic E-state index is 0.0477. The first-order chi connectivity index (χ1) is 8.12. The SMILES string of the molecule is CCOC(=O)Cc1cc(C#N)cc(CCl)c1Cl. The highest BCUT2D eigenvalue weighted by Crippen LogP contribution is 2.25. The van der Waals surface area contributed by atoms with Crippen molar-refractivity contribution in [2.75, 3.05) is 6.61 Å². The maximum atomic E-state index is 11.4. The van der Waals surface area contributed by atoms with Gasteiger partial charge in [-0.05, 0) is 30.2 Å². The predicted octanol–water partition coefficient (Wildman–Crippen LogP) is 3.06. The fraction of sp³-hybridized carbons (Fsp3) is 0.333. The van der Waals surface area contributed by atoms with Gasteiger partial charge in [0.15, 0.2) is 0 Å². The maximum absolute atomic E-state index is 11.4. The average molecular weight is 272 g/mol. The second-order valence-corrected chi connectivity index (χ2v) is 3.98. The zero-order valence-electron chi connectivity index (χ0n) is 9.30. The van der Waals surface area contributed by atoms with Crippen LogP contribution in [0.2, 0.25) is 5.02 Å². The molecule has 0 unspecified atom stereocenters. The first kappa shape index (κ1) is 13.8. The van der Waals surface area contributed by atoms with Gasteiger partial charge in [0, 0.05) is 10.9 Å². The van der Waals surface area contributed by atoms with E-state index in [9.17, 15) is 4.79 Å². The minimum Gasteiger partial charge on any atom is -0.466 e. The van der Waals surface area contributed by atoms with Gasteiger partial charge in [-0.25, -0.2) is 0 Å². The average Bonchev–Trinajstić information content (AvgIpc) is 2.32. The summed E-state index contributed by atoms with van der Waals surface area (Å²) in [7, 11) is 0. The smallest absolute Gasteiger partial charge is 0.310 e. The lowest BCUT2D eigenvalue weighted by Crippen LogP contribution is -2.08. The van der Waals surface area contributed by atoms with Crippen LogP contribution in [0.15, 0.2) is 12.1 Å². The molecule has 0 saturated heterocycles. The van der Waals surface area contributed by atoms with Gasteiger partial charge in [-0.3, -0.25) is 4.79 Å². The van der Waals surface area contributed by atoms with Crippen molar-refractivity contribution in [3.05, 3.63) is 33.8 Å². The zero-order chi connectivity index (χ0) is 12.8. The molecule has 5 heteroatoms. The summed E-state index contributed by atoms with van der Waals surface area (Å²) in [6.45, 7) is 2.05. The Morgan fingerprint density at radius 3 is 2.65 bits per heavy atom. The first-order valence-electron chi connectivity index (χ1n) is 5.05. The van der Waals surface area contributed by atoms with E-state index in [4.69, 9.17) is 33.2 Å². The van der Waals surface area contributed by atoms with E-state index in [-0.39, 0.29) is 18.3 Å². The van der Waals surface area contributed by atoms with Crippen molar-refractivity contribution >= 4 is 29.2 Å². The molecule has 1 aromatic carbocycles. The molecule has 1 rings (SSSR count). The van der Waals surface area contributed by atoms with E-state index in [0.717, 1.165) is 0 Å². The Morgan fingerprint density at radius 1 is 1.47 bits per heavy atom. The van der Waals surface area contributed by atoms with Gasteiger partial charge in [-0.15, -0.1) is 11.6 Å². The number of rotatable bonds is 4. The fourth-order valence-corrected chi connectivity index (χ4v) is 1.93. The summed E-state index contributed by atoms with van der Waals surface area (Å²) in [6.07, 6.45) is 0.0477. The Labute approximate surface area is 110 Å². The molecule has 0 atom stereocenters. The molecule has 0 aliphatic rings. The number of halogens is 2. The van der Waals surface area contributed by atoms with Crippen molar-refractivity contribution in [3.63, 3.8) is 0 Å².